The molecule has 2 aromatic carbocycles. The molecule has 0 aliphatic carbocycles. The molecule has 1 atom stereocenters. The minimum atomic E-state index is -3.21. The molecular formula is C17H21NO3S. The van der Waals surface area contributed by atoms with Gasteiger partial charge in [0.2, 0.25) is 0 Å². The third kappa shape index (κ3) is 4.08. The highest BCUT2D eigenvalue weighted by atomic mass is 32.2. The summed E-state index contributed by atoms with van der Waals surface area (Å²) in [6, 6.07) is 14.4. The van der Waals surface area contributed by atoms with E-state index < -0.39 is 15.9 Å². The normalized spacial score (nSPS) is 12.9. The van der Waals surface area contributed by atoms with E-state index in [0.29, 0.717) is 12.1 Å². The highest BCUT2D eigenvalue weighted by Crippen LogP contribution is 2.20. The summed E-state index contributed by atoms with van der Waals surface area (Å²) < 4.78 is 22.9. The fourth-order valence-corrected chi connectivity index (χ4v) is 2.90. The summed E-state index contributed by atoms with van der Waals surface area (Å²) in [4.78, 5) is 2.23. The van der Waals surface area contributed by atoms with Crippen molar-refractivity contribution in [3.8, 4) is 0 Å². The molecule has 0 bridgehead atoms. The predicted octanol–water partition coefficient (Wildman–Crippen LogP) is 2.57. The molecule has 0 aliphatic rings. The smallest absolute Gasteiger partial charge is 0.175 e. The van der Waals surface area contributed by atoms with E-state index >= 15 is 0 Å². The van der Waals surface area contributed by atoms with Gasteiger partial charge in [-0.2, -0.15) is 0 Å². The maximum absolute atomic E-state index is 11.4. The van der Waals surface area contributed by atoms with Crippen LogP contribution >= 0.6 is 0 Å². The van der Waals surface area contributed by atoms with Gasteiger partial charge in [-0.15, -0.1) is 0 Å². The summed E-state index contributed by atoms with van der Waals surface area (Å²) >= 11 is 0. The van der Waals surface area contributed by atoms with Crippen LogP contribution in [-0.4, -0.2) is 33.4 Å². The number of likely N-dealkylation sites (N-methyl/N-ethyl adjacent to an activating group) is 1. The second-order valence-electron chi connectivity index (χ2n) is 5.58. The molecule has 118 valence electrons. The van der Waals surface area contributed by atoms with Gasteiger partial charge in [-0.3, -0.25) is 0 Å². The zero-order chi connectivity index (χ0) is 16.3. The Kier molecular flexibility index (Phi) is 4.88. The van der Waals surface area contributed by atoms with Gasteiger partial charge >= 0.3 is 0 Å². The SMILES string of the molecule is Cc1cccc(N(C)CC(O)c2ccc(S(C)(=O)=O)cc2)c1. The van der Waals surface area contributed by atoms with Crippen molar-refractivity contribution < 1.29 is 13.5 Å². The van der Waals surface area contributed by atoms with Crippen LogP contribution in [0.15, 0.2) is 53.4 Å². The number of sulfone groups is 1. The molecule has 4 nitrogen and oxygen atoms in total. The van der Waals surface area contributed by atoms with E-state index in [1.165, 1.54) is 18.4 Å². The highest BCUT2D eigenvalue weighted by molar-refractivity contribution is 7.90. The lowest BCUT2D eigenvalue weighted by atomic mass is 10.1. The van der Waals surface area contributed by atoms with Crippen LogP contribution in [0.4, 0.5) is 5.69 Å². The molecule has 0 aromatic heterocycles. The molecule has 0 spiro atoms. The zero-order valence-corrected chi connectivity index (χ0v) is 13.8. The minimum Gasteiger partial charge on any atom is -0.387 e. The second-order valence-corrected chi connectivity index (χ2v) is 7.59. The summed E-state index contributed by atoms with van der Waals surface area (Å²) in [6.45, 7) is 2.46. The van der Waals surface area contributed by atoms with Gasteiger partial charge in [0.15, 0.2) is 9.84 Å². The lowest BCUT2D eigenvalue weighted by molar-refractivity contribution is 0.185. The van der Waals surface area contributed by atoms with Gasteiger partial charge in [-0.25, -0.2) is 8.42 Å². The summed E-state index contributed by atoms with van der Waals surface area (Å²) in [5.74, 6) is 0. The second kappa shape index (κ2) is 6.50. The molecule has 0 heterocycles. The van der Waals surface area contributed by atoms with E-state index in [1.807, 2.05) is 37.1 Å². The van der Waals surface area contributed by atoms with Crippen LogP contribution in [0.1, 0.15) is 17.2 Å². The van der Waals surface area contributed by atoms with E-state index in [9.17, 15) is 13.5 Å². The average Bonchev–Trinajstić information content (AvgIpc) is 2.46. The van der Waals surface area contributed by atoms with Gasteiger partial charge in [0, 0.05) is 25.5 Å². The van der Waals surface area contributed by atoms with Crippen molar-refractivity contribution in [3.05, 3.63) is 59.7 Å². The molecule has 0 radical (unpaired) electrons. The van der Waals surface area contributed by atoms with Crippen molar-refractivity contribution in [2.45, 2.75) is 17.9 Å². The molecular weight excluding hydrogens is 298 g/mol. The van der Waals surface area contributed by atoms with Crippen molar-refractivity contribution in [2.24, 2.45) is 0 Å². The number of rotatable bonds is 5. The van der Waals surface area contributed by atoms with Crippen LogP contribution in [0.3, 0.4) is 0 Å². The summed E-state index contributed by atoms with van der Waals surface area (Å²) in [5.41, 5.74) is 2.90. The maximum atomic E-state index is 11.4. The minimum absolute atomic E-state index is 0.260. The van der Waals surface area contributed by atoms with Gasteiger partial charge in [0.1, 0.15) is 0 Å². The maximum Gasteiger partial charge on any atom is 0.175 e. The predicted molar refractivity (Wildman–Crippen MR) is 89.0 cm³/mol. The summed E-state index contributed by atoms with van der Waals surface area (Å²) in [5, 5.41) is 10.3. The zero-order valence-electron chi connectivity index (χ0n) is 13.0. The largest absolute Gasteiger partial charge is 0.387 e. The summed E-state index contributed by atoms with van der Waals surface area (Å²) in [6.07, 6.45) is 0.489. The van der Waals surface area contributed by atoms with Crippen LogP contribution in [0.2, 0.25) is 0 Å². The number of anilines is 1. The lowest BCUT2D eigenvalue weighted by Crippen LogP contribution is -2.24. The molecule has 2 aromatic rings. The van der Waals surface area contributed by atoms with Crippen LogP contribution in [0.5, 0.6) is 0 Å². The number of aryl methyl sites for hydroxylation is 1. The number of benzene rings is 2. The Bertz CT molecular complexity index is 739. The molecule has 0 saturated carbocycles. The number of hydrogen-bond donors (Lipinski definition) is 1. The van der Waals surface area contributed by atoms with E-state index in [-0.39, 0.29) is 4.90 Å². The Balaban J connectivity index is 2.10. The monoisotopic (exact) mass is 319 g/mol. The third-order valence-corrected chi connectivity index (χ3v) is 4.71. The first kappa shape index (κ1) is 16.5. The van der Waals surface area contributed by atoms with Gasteiger partial charge in [-0.1, -0.05) is 24.3 Å². The number of aliphatic hydroxyl groups is 1. The fourth-order valence-electron chi connectivity index (χ4n) is 2.27. The number of nitrogens with zero attached hydrogens (tertiary/aromatic N) is 1. The van der Waals surface area contributed by atoms with Crippen LogP contribution in [0, 0.1) is 6.92 Å². The topological polar surface area (TPSA) is 57.6 Å². The molecule has 1 N–H and O–H groups in total. The molecule has 0 fully saturated rings. The molecule has 0 amide bonds. The molecule has 5 heteroatoms. The van der Waals surface area contributed by atoms with Gasteiger partial charge < -0.3 is 10.0 Å². The molecule has 1 unspecified atom stereocenters. The molecule has 2 rings (SSSR count). The standard InChI is InChI=1S/C17H21NO3S/c1-13-5-4-6-15(11-13)18(2)12-17(19)14-7-9-16(10-8-14)22(3,20)21/h4-11,17,19H,12H2,1-3H3. The van der Waals surface area contributed by atoms with Crippen LogP contribution < -0.4 is 4.90 Å². The molecule has 0 saturated heterocycles. The third-order valence-electron chi connectivity index (χ3n) is 3.58. The Morgan fingerprint density at radius 3 is 2.32 bits per heavy atom. The Morgan fingerprint density at radius 1 is 1.14 bits per heavy atom. The van der Waals surface area contributed by atoms with Crippen molar-refractivity contribution >= 4 is 15.5 Å². The van der Waals surface area contributed by atoms with E-state index in [2.05, 4.69) is 6.07 Å². The van der Waals surface area contributed by atoms with Crippen LogP contribution in [0.25, 0.3) is 0 Å². The first-order chi connectivity index (χ1) is 10.3. The van der Waals surface area contributed by atoms with Crippen molar-refractivity contribution in [1.82, 2.24) is 0 Å². The van der Waals surface area contributed by atoms with Gasteiger partial charge in [0.25, 0.3) is 0 Å². The first-order valence-corrected chi connectivity index (χ1v) is 8.92. The fraction of sp³-hybridized carbons (Fsp3) is 0.294. The Morgan fingerprint density at radius 2 is 1.77 bits per heavy atom. The quantitative estimate of drug-likeness (QED) is 0.920. The van der Waals surface area contributed by atoms with E-state index in [4.69, 9.17) is 0 Å². The lowest BCUT2D eigenvalue weighted by Gasteiger charge is -2.23. The number of aliphatic hydroxyl groups excluding tert-OH is 1. The van der Waals surface area contributed by atoms with E-state index in [1.54, 1.807) is 12.1 Å². The molecule has 0 aliphatic heterocycles. The van der Waals surface area contributed by atoms with E-state index in [0.717, 1.165) is 11.3 Å². The van der Waals surface area contributed by atoms with Gasteiger partial charge in [-0.05, 0) is 42.3 Å². The van der Waals surface area contributed by atoms with Crippen LogP contribution in [-0.2, 0) is 9.84 Å². The average molecular weight is 319 g/mol. The van der Waals surface area contributed by atoms with Gasteiger partial charge in [0.05, 0.1) is 11.0 Å². The van der Waals surface area contributed by atoms with Crippen molar-refractivity contribution in [2.75, 3.05) is 24.7 Å². The van der Waals surface area contributed by atoms with Crippen molar-refractivity contribution in [3.63, 3.8) is 0 Å². The number of hydrogen-bond acceptors (Lipinski definition) is 4. The Labute approximate surface area is 131 Å². The molecule has 22 heavy (non-hydrogen) atoms. The highest BCUT2D eigenvalue weighted by Gasteiger charge is 2.13. The van der Waals surface area contributed by atoms with Crippen molar-refractivity contribution in [1.29, 1.82) is 0 Å². The first-order valence-electron chi connectivity index (χ1n) is 7.03. The Hall–Kier alpha value is -1.85. The summed E-state index contributed by atoms with van der Waals surface area (Å²) in [7, 11) is -1.29.